The summed E-state index contributed by atoms with van der Waals surface area (Å²) in [7, 11) is -4.20. The lowest BCUT2D eigenvalue weighted by Gasteiger charge is -2.27. The van der Waals surface area contributed by atoms with Crippen LogP contribution in [-0.4, -0.2) is 37.0 Å². The van der Waals surface area contributed by atoms with E-state index in [4.69, 9.17) is 5.73 Å². The van der Waals surface area contributed by atoms with Crippen LogP contribution in [0.4, 0.5) is 8.78 Å². The number of ketones is 1. The Labute approximate surface area is 158 Å². The number of nitrogens with two attached hydrogens (primary N) is 1. The molecule has 9 heteroatoms. The summed E-state index contributed by atoms with van der Waals surface area (Å²) >= 11 is 0. The summed E-state index contributed by atoms with van der Waals surface area (Å²) in [6.07, 6.45) is -0.331. The minimum atomic E-state index is -4.20. The minimum Gasteiger partial charge on any atom is -0.368 e. The van der Waals surface area contributed by atoms with Gasteiger partial charge in [-0.05, 0) is 18.1 Å². The van der Waals surface area contributed by atoms with Crippen molar-refractivity contribution in [2.75, 3.05) is 6.54 Å². The second kappa shape index (κ2) is 10.3. The predicted octanol–water partition coefficient (Wildman–Crippen LogP) is 2.56. The molecule has 0 saturated carbocycles. The number of primary amides is 1. The van der Waals surface area contributed by atoms with Crippen LogP contribution < -0.4 is 5.73 Å². The zero-order valence-electron chi connectivity index (χ0n) is 15.1. The molecule has 0 fully saturated rings. The fourth-order valence-corrected chi connectivity index (χ4v) is 4.21. The lowest BCUT2D eigenvalue weighted by atomic mass is 10.1. The van der Waals surface area contributed by atoms with Crippen molar-refractivity contribution in [2.45, 2.75) is 44.4 Å². The van der Waals surface area contributed by atoms with Gasteiger partial charge in [0.2, 0.25) is 15.9 Å². The molecule has 1 rings (SSSR count). The largest absolute Gasteiger partial charge is 0.368 e. The van der Waals surface area contributed by atoms with Crippen LogP contribution in [-0.2, 0) is 25.4 Å². The van der Waals surface area contributed by atoms with Gasteiger partial charge in [-0.1, -0.05) is 37.6 Å². The molecule has 0 aliphatic carbocycles. The number of unbranched alkanes of at least 4 members (excludes halogenated alkanes) is 1. The molecule has 1 unspecified atom stereocenters. The molecule has 150 valence electrons. The van der Waals surface area contributed by atoms with Gasteiger partial charge < -0.3 is 5.73 Å². The van der Waals surface area contributed by atoms with Gasteiger partial charge in [0.05, 0.1) is 5.75 Å². The van der Waals surface area contributed by atoms with E-state index in [0.29, 0.717) is 17.1 Å². The fraction of sp³-hybridized carbons (Fsp3) is 0.444. The van der Waals surface area contributed by atoms with E-state index in [9.17, 15) is 26.8 Å². The monoisotopic (exact) mass is 402 g/mol. The standard InChI is InChI=1S/C18H24F2N2O4S/c1-3-5-9-15(23)16(18(21)24)22(10-4-2)27(25,26)12-13-7-6-8-14(11-13)17(19)20/h4,6-8,11,16-17H,2-3,5,9-10,12H2,1H3,(H2,21,24). The first-order valence-electron chi connectivity index (χ1n) is 8.43. The van der Waals surface area contributed by atoms with E-state index in [-0.39, 0.29) is 24.1 Å². The van der Waals surface area contributed by atoms with Crippen LogP contribution in [0.25, 0.3) is 0 Å². The molecule has 1 aromatic carbocycles. The van der Waals surface area contributed by atoms with Crippen molar-refractivity contribution in [3.05, 3.63) is 48.0 Å². The number of halogens is 2. The Morgan fingerprint density at radius 2 is 2.00 bits per heavy atom. The molecular formula is C18H24F2N2O4S. The van der Waals surface area contributed by atoms with Crippen molar-refractivity contribution in [3.63, 3.8) is 0 Å². The first-order chi connectivity index (χ1) is 12.6. The molecule has 1 aromatic rings. The van der Waals surface area contributed by atoms with Crippen LogP contribution in [0.3, 0.4) is 0 Å². The van der Waals surface area contributed by atoms with Gasteiger partial charge in [-0.2, -0.15) is 4.31 Å². The number of nitrogens with zero attached hydrogens (tertiary/aromatic N) is 1. The molecule has 0 aliphatic rings. The summed E-state index contributed by atoms with van der Waals surface area (Å²) in [5.74, 6) is -2.33. The van der Waals surface area contributed by atoms with E-state index >= 15 is 0 Å². The maximum Gasteiger partial charge on any atom is 0.263 e. The zero-order chi connectivity index (χ0) is 20.6. The first-order valence-corrected chi connectivity index (χ1v) is 10.0. The van der Waals surface area contributed by atoms with E-state index in [1.54, 1.807) is 0 Å². The third kappa shape index (κ3) is 6.51. The second-order valence-corrected chi connectivity index (χ2v) is 7.96. The maximum absolute atomic E-state index is 12.8. The van der Waals surface area contributed by atoms with Gasteiger partial charge in [0, 0.05) is 18.5 Å². The van der Waals surface area contributed by atoms with Crippen molar-refractivity contribution < 1.29 is 26.8 Å². The average molecular weight is 402 g/mol. The molecule has 27 heavy (non-hydrogen) atoms. The summed E-state index contributed by atoms with van der Waals surface area (Å²) in [6.45, 7) is 5.00. The van der Waals surface area contributed by atoms with E-state index in [0.717, 1.165) is 6.07 Å². The van der Waals surface area contributed by atoms with Gasteiger partial charge in [0.25, 0.3) is 6.43 Å². The molecule has 1 amide bonds. The Morgan fingerprint density at radius 3 is 2.52 bits per heavy atom. The minimum absolute atomic E-state index is 0.00807. The molecule has 2 N–H and O–H groups in total. The summed E-state index contributed by atoms with van der Waals surface area (Å²) in [5.41, 5.74) is 5.10. The zero-order valence-corrected chi connectivity index (χ0v) is 15.9. The van der Waals surface area contributed by atoms with Gasteiger partial charge >= 0.3 is 0 Å². The lowest BCUT2D eigenvalue weighted by Crippen LogP contribution is -2.52. The number of carbonyl (C=O) groups excluding carboxylic acids is 2. The fourth-order valence-electron chi connectivity index (χ4n) is 2.57. The van der Waals surface area contributed by atoms with E-state index < -0.39 is 39.9 Å². The van der Waals surface area contributed by atoms with Crippen LogP contribution in [0.1, 0.15) is 43.7 Å². The Morgan fingerprint density at radius 1 is 1.33 bits per heavy atom. The molecule has 0 heterocycles. The number of hydrogen-bond donors (Lipinski definition) is 1. The van der Waals surface area contributed by atoms with Crippen molar-refractivity contribution >= 4 is 21.7 Å². The quantitative estimate of drug-likeness (QED) is 0.429. The van der Waals surface area contributed by atoms with E-state index in [1.165, 1.54) is 24.3 Å². The summed E-state index contributed by atoms with van der Waals surface area (Å²) in [6, 6.07) is 3.31. The Balaban J connectivity index is 3.21. The highest BCUT2D eigenvalue weighted by Gasteiger charge is 2.37. The van der Waals surface area contributed by atoms with Gasteiger partial charge in [-0.3, -0.25) is 9.59 Å². The van der Waals surface area contributed by atoms with Crippen LogP contribution >= 0.6 is 0 Å². The molecule has 0 aromatic heterocycles. The lowest BCUT2D eigenvalue weighted by molar-refractivity contribution is -0.131. The molecule has 0 aliphatic heterocycles. The molecule has 0 spiro atoms. The maximum atomic E-state index is 12.8. The summed E-state index contributed by atoms with van der Waals surface area (Å²) in [4.78, 5) is 24.2. The molecule has 0 saturated heterocycles. The van der Waals surface area contributed by atoms with Gasteiger partial charge in [-0.15, -0.1) is 6.58 Å². The number of amides is 1. The predicted molar refractivity (Wildman–Crippen MR) is 98.4 cm³/mol. The third-order valence-electron chi connectivity index (χ3n) is 3.86. The van der Waals surface area contributed by atoms with E-state index in [1.807, 2.05) is 6.92 Å². The van der Waals surface area contributed by atoms with Crippen LogP contribution in [0.2, 0.25) is 0 Å². The van der Waals surface area contributed by atoms with Crippen molar-refractivity contribution in [1.82, 2.24) is 4.31 Å². The van der Waals surface area contributed by atoms with Gasteiger partial charge in [-0.25, -0.2) is 17.2 Å². The van der Waals surface area contributed by atoms with Gasteiger partial charge in [0.15, 0.2) is 11.8 Å². The molecule has 0 bridgehead atoms. The highest BCUT2D eigenvalue weighted by molar-refractivity contribution is 7.88. The second-order valence-electron chi connectivity index (χ2n) is 6.04. The number of Topliss-reactive ketones (excluding diaryl/α,β-unsaturated/α-hetero) is 1. The van der Waals surface area contributed by atoms with Crippen molar-refractivity contribution in [2.24, 2.45) is 5.73 Å². The number of rotatable bonds is 12. The summed E-state index contributed by atoms with van der Waals surface area (Å²) < 4.78 is 52.0. The van der Waals surface area contributed by atoms with Crippen molar-refractivity contribution in [1.29, 1.82) is 0 Å². The van der Waals surface area contributed by atoms with Gasteiger partial charge in [0.1, 0.15) is 0 Å². The Kier molecular flexibility index (Phi) is 8.71. The third-order valence-corrected chi connectivity index (χ3v) is 5.63. The molecule has 0 radical (unpaired) electrons. The number of carbonyl (C=O) groups is 2. The Bertz CT molecular complexity index is 781. The number of sulfonamides is 1. The number of hydrogen-bond acceptors (Lipinski definition) is 4. The van der Waals surface area contributed by atoms with E-state index in [2.05, 4.69) is 6.58 Å². The van der Waals surface area contributed by atoms with Crippen molar-refractivity contribution in [3.8, 4) is 0 Å². The average Bonchev–Trinajstić information content (AvgIpc) is 2.59. The topological polar surface area (TPSA) is 97.5 Å². The number of benzene rings is 1. The highest BCUT2D eigenvalue weighted by atomic mass is 32.2. The first kappa shape index (κ1) is 22.9. The SMILES string of the molecule is C=CCN(C(C(N)=O)C(=O)CCCC)S(=O)(=O)Cc1cccc(C(F)F)c1. The number of alkyl halides is 2. The summed E-state index contributed by atoms with van der Waals surface area (Å²) in [5, 5.41) is 0. The molecule has 6 nitrogen and oxygen atoms in total. The van der Waals surface area contributed by atoms with Crippen LogP contribution in [0.15, 0.2) is 36.9 Å². The molecular weight excluding hydrogens is 378 g/mol. The molecule has 1 atom stereocenters. The highest BCUT2D eigenvalue weighted by Crippen LogP contribution is 2.22. The van der Waals surface area contributed by atoms with Crippen LogP contribution in [0, 0.1) is 0 Å². The Hall–Kier alpha value is -2.13. The normalized spacial score (nSPS) is 12.9. The smallest absolute Gasteiger partial charge is 0.263 e. The van der Waals surface area contributed by atoms with Crippen LogP contribution in [0.5, 0.6) is 0 Å².